The first-order chi connectivity index (χ1) is 17.2. The minimum Gasteiger partial charge on any atom is -0.383 e. The van der Waals surface area contributed by atoms with Crippen LogP contribution in [0, 0.1) is 17.2 Å². The molecule has 3 aromatic rings. The second-order valence-corrected chi connectivity index (χ2v) is 9.28. The van der Waals surface area contributed by atoms with Crippen molar-refractivity contribution in [3.8, 4) is 6.07 Å². The van der Waals surface area contributed by atoms with Crippen LogP contribution < -0.4 is 5.73 Å². The molecule has 3 atom stereocenters. The third-order valence-electron chi connectivity index (χ3n) is 7.09. The molecular formula is C26H24F3N5O2. The predicted molar refractivity (Wildman–Crippen MR) is 125 cm³/mol. The van der Waals surface area contributed by atoms with E-state index in [1.165, 1.54) is 6.07 Å². The van der Waals surface area contributed by atoms with Crippen LogP contribution >= 0.6 is 0 Å². The van der Waals surface area contributed by atoms with Gasteiger partial charge in [0.15, 0.2) is 0 Å². The molecule has 1 amide bonds. The third-order valence-corrected chi connectivity index (χ3v) is 7.09. The summed E-state index contributed by atoms with van der Waals surface area (Å²) in [5.41, 5.74) is 8.35. The number of carbonyl (C=O) groups is 1. The van der Waals surface area contributed by atoms with Crippen molar-refractivity contribution in [3.63, 3.8) is 0 Å². The lowest BCUT2D eigenvalue weighted by atomic mass is 9.98. The molecule has 2 aliphatic rings. The van der Waals surface area contributed by atoms with E-state index in [0.717, 1.165) is 35.2 Å². The minimum atomic E-state index is -4.50. The fraction of sp³-hybridized carbons (Fsp3) is 0.385. The number of carbonyl (C=O) groups excluding carboxylic acids is 1. The van der Waals surface area contributed by atoms with Gasteiger partial charge < -0.3 is 15.4 Å². The number of nitrogens with two attached hydrogens (primary N) is 1. The largest absolute Gasteiger partial charge is 0.417 e. The number of anilines is 1. The highest BCUT2D eigenvalue weighted by molar-refractivity contribution is 5.99. The molecule has 3 unspecified atom stereocenters. The van der Waals surface area contributed by atoms with Gasteiger partial charge in [0, 0.05) is 28.8 Å². The lowest BCUT2D eigenvalue weighted by Crippen LogP contribution is -2.41. The Balaban J connectivity index is 1.52. The van der Waals surface area contributed by atoms with Crippen LogP contribution in [0.1, 0.15) is 65.0 Å². The highest BCUT2D eigenvalue weighted by Crippen LogP contribution is 2.39. The Morgan fingerprint density at radius 3 is 2.78 bits per heavy atom. The number of halogens is 3. The summed E-state index contributed by atoms with van der Waals surface area (Å²) in [5.74, 6) is -0.272. The molecule has 0 radical (unpaired) electrons. The summed E-state index contributed by atoms with van der Waals surface area (Å²) in [6, 6.07) is 9.30. The average molecular weight is 496 g/mol. The number of nitrogen functional groups attached to an aromatic ring is 1. The number of ether oxygens (including phenoxy) is 1. The van der Waals surface area contributed by atoms with Crippen LogP contribution in [0.25, 0.3) is 10.9 Å². The van der Waals surface area contributed by atoms with Gasteiger partial charge in [0.25, 0.3) is 5.91 Å². The monoisotopic (exact) mass is 495 g/mol. The summed E-state index contributed by atoms with van der Waals surface area (Å²) in [6.45, 7) is 2.25. The molecule has 36 heavy (non-hydrogen) atoms. The minimum absolute atomic E-state index is 0.00387. The normalized spacial score (nSPS) is 21.4. The van der Waals surface area contributed by atoms with Crippen LogP contribution in [0.15, 0.2) is 36.5 Å². The smallest absolute Gasteiger partial charge is 0.383 e. The second-order valence-electron chi connectivity index (χ2n) is 9.28. The van der Waals surface area contributed by atoms with Crippen LogP contribution in [0.4, 0.5) is 19.0 Å². The van der Waals surface area contributed by atoms with Gasteiger partial charge in [0.05, 0.1) is 48.0 Å². The summed E-state index contributed by atoms with van der Waals surface area (Å²) in [7, 11) is 0. The van der Waals surface area contributed by atoms with E-state index in [1.807, 2.05) is 6.92 Å². The maximum absolute atomic E-state index is 13.8. The fourth-order valence-corrected chi connectivity index (χ4v) is 5.23. The highest BCUT2D eigenvalue weighted by atomic mass is 19.4. The summed E-state index contributed by atoms with van der Waals surface area (Å²) in [6.07, 6.45) is -1.84. The molecule has 1 fully saturated rings. The van der Waals surface area contributed by atoms with Gasteiger partial charge in [-0.2, -0.15) is 18.4 Å². The van der Waals surface area contributed by atoms with Crippen LogP contribution in [-0.4, -0.2) is 26.8 Å². The number of hydrogen-bond acceptors (Lipinski definition) is 6. The summed E-state index contributed by atoms with van der Waals surface area (Å²) in [5, 5.41) is 10.4. The number of amides is 1. The zero-order chi connectivity index (χ0) is 25.6. The Kier molecular flexibility index (Phi) is 6.04. The molecule has 1 saturated carbocycles. The van der Waals surface area contributed by atoms with Crippen LogP contribution in [0.5, 0.6) is 0 Å². The van der Waals surface area contributed by atoms with Crippen molar-refractivity contribution < 1.29 is 22.7 Å². The molecule has 0 bridgehead atoms. The Bertz CT molecular complexity index is 1370. The molecule has 0 spiro atoms. The lowest BCUT2D eigenvalue weighted by molar-refractivity contribution is -0.137. The van der Waals surface area contributed by atoms with Crippen molar-refractivity contribution in [2.24, 2.45) is 5.92 Å². The van der Waals surface area contributed by atoms with Crippen molar-refractivity contribution in [2.45, 2.75) is 57.7 Å². The van der Waals surface area contributed by atoms with Crippen LogP contribution in [0.2, 0.25) is 0 Å². The molecule has 5 rings (SSSR count). The molecular weight excluding hydrogens is 471 g/mol. The Morgan fingerprint density at radius 1 is 1.28 bits per heavy atom. The Hall–Kier alpha value is -3.71. The standard InChI is InChI=1S/C26H24F3N5O2/c1-14-23-20(13-36-14)19-9-15(5-8-21(19)33-24(23)31)25(35)34(22-4-2-3-16(22)10-30)12-18-7-6-17(11-32-18)26(27,28)29/h5-9,11,14,16,22H,2-4,12-13H2,1H3,(H2,31,33). The number of fused-ring (bicyclic) bond motifs is 3. The number of alkyl halides is 3. The Labute approximate surface area is 205 Å². The molecule has 3 heterocycles. The zero-order valence-electron chi connectivity index (χ0n) is 19.5. The quantitative estimate of drug-likeness (QED) is 0.536. The van der Waals surface area contributed by atoms with E-state index in [1.54, 1.807) is 23.1 Å². The summed E-state index contributed by atoms with van der Waals surface area (Å²) in [4.78, 5) is 23.8. The van der Waals surface area contributed by atoms with E-state index < -0.39 is 11.7 Å². The van der Waals surface area contributed by atoms with Gasteiger partial charge in [-0.25, -0.2) is 4.98 Å². The molecule has 10 heteroatoms. The average Bonchev–Trinajstić information content (AvgIpc) is 3.49. The summed E-state index contributed by atoms with van der Waals surface area (Å²) < 4.78 is 44.7. The van der Waals surface area contributed by atoms with Gasteiger partial charge in [-0.3, -0.25) is 9.78 Å². The van der Waals surface area contributed by atoms with E-state index in [0.29, 0.717) is 42.0 Å². The highest BCUT2D eigenvalue weighted by Gasteiger charge is 2.36. The van der Waals surface area contributed by atoms with E-state index in [-0.39, 0.29) is 30.5 Å². The van der Waals surface area contributed by atoms with Crippen molar-refractivity contribution in [1.82, 2.24) is 14.9 Å². The number of pyridine rings is 2. The topological polar surface area (TPSA) is 105 Å². The number of nitrogens with zero attached hydrogens (tertiary/aromatic N) is 4. The first kappa shape index (κ1) is 24.0. The first-order valence-corrected chi connectivity index (χ1v) is 11.7. The molecule has 1 aromatic carbocycles. The number of benzene rings is 1. The van der Waals surface area contributed by atoms with Gasteiger partial charge in [-0.05, 0) is 62.1 Å². The predicted octanol–water partition coefficient (Wildman–Crippen LogP) is 5.16. The zero-order valence-corrected chi connectivity index (χ0v) is 19.5. The number of aromatic nitrogens is 2. The van der Waals surface area contributed by atoms with Gasteiger partial charge >= 0.3 is 6.18 Å². The summed E-state index contributed by atoms with van der Waals surface area (Å²) >= 11 is 0. The molecule has 1 aliphatic heterocycles. The van der Waals surface area contributed by atoms with Crippen molar-refractivity contribution in [2.75, 3.05) is 5.73 Å². The number of nitriles is 1. The number of rotatable bonds is 4. The van der Waals surface area contributed by atoms with E-state index >= 15 is 0 Å². The van der Waals surface area contributed by atoms with Gasteiger partial charge in [0.1, 0.15) is 5.82 Å². The van der Waals surface area contributed by atoms with Crippen molar-refractivity contribution >= 4 is 22.6 Å². The van der Waals surface area contributed by atoms with Crippen molar-refractivity contribution in [1.29, 1.82) is 5.26 Å². The number of hydrogen-bond donors (Lipinski definition) is 1. The Morgan fingerprint density at radius 2 is 2.08 bits per heavy atom. The SMILES string of the molecule is CC1OCc2c1c(N)nc1ccc(C(=O)N(Cc3ccc(C(F)(F)F)cn3)C3CCCC3C#N)cc21. The molecule has 0 saturated heterocycles. The molecule has 186 valence electrons. The van der Waals surface area contributed by atoms with Crippen LogP contribution in [0.3, 0.4) is 0 Å². The van der Waals surface area contributed by atoms with Gasteiger partial charge in [-0.15, -0.1) is 0 Å². The third kappa shape index (κ3) is 4.24. The maximum atomic E-state index is 13.8. The van der Waals surface area contributed by atoms with Crippen molar-refractivity contribution in [3.05, 3.63) is 64.5 Å². The molecule has 2 aromatic heterocycles. The molecule has 1 aliphatic carbocycles. The van der Waals surface area contributed by atoms with E-state index in [4.69, 9.17) is 10.5 Å². The fourth-order valence-electron chi connectivity index (χ4n) is 5.23. The van der Waals surface area contributed by atoms with E-state index in [2.05, 4.69) is 16.0 Å². The lowest BCUT2D eigenvalue weighted by Gasteiger charge is -2.31. The molecule has 2 N–H and O–H groups in total. The molecule has 7 nitrogen and oxygen atoms in total. The van der Waals surface area contributed by atoms with Gasteiger partial charge in [-0.1, -0.05) is 0 Å². The van der Waals surface area contributed by atoms with Crippen LogP contribution in [-0.2, 0) is 24.1 Å². The second kappa shape index (κ2) is 9.06. The maximum Gasteiger partial charge on any atom is 0.417 e. The van der Waals surface area contributed by atoms with E-state index in [9.17, 15) is 23.2 Å². The first-order valence-electron chi connectivity index (χ1n) is 11.7. The van der Waals surface area contributed by atoms with Gasteiger partial charge in [0.2, 0.25) is 0 Å².